The van der Waals surface area contributed by atoms with Crippen LogP contribution in [0.4, 0.5) is 0 Å². The molecule has 25 heavy (non-hydrogen) atoms. The average molecular weight is 339 g/mol. The fourth-order valence-electron chi connectivity index (χ4n) is 3.06. The van der Waals surface area contributed by atoms with Crippen LogP contribution in [0.5, 0.6) is 0 Å². The molecule has 1 saturated heterocycles. The van der Waals surface area contributed by atoms with Gasteiger partial charge in [-0.15, -0.1) is 0 Å². The van der Waals surface area contributed by atoms with E-state index in [1.54, 1.807) is 29.9 Å². The fourth-order valence-corrected chi connectivity index (χ4v) is 3.06. The molecule has 1 aromatic heterocycles. The van der Waals surface area contributed by atoms with Gasteiger partial charge < -0.3 is 10.4 Å². The SMILES string of the molecule is Cn1cc(CN2CCC(O)C2)c(C(=O)NCc2cccc(C#N)c2)n1. The topological polar surface area (TPSA) is 94.2 Å². The number of nitriles is 1. The summed E-state index contributed by atoms with van der Waals surface area (Å²) >= 11 is 0. The van der Waals surface area contributed by atoms with Gasteiger partial charge in [0.05, 0.1) is 17.7 Å². The van der Waals surface area contributed by atoms with E-state index in [-0.39, 0.29) is 12.0 Å². The maximum absolute atomic E-state index is 12.5. The maximum Gasteiger partial charge on any atom is 0.272 e. The molecule has 1 unspecified atom stereocenters. The second-order valence-electron chi connectivity index (χ2n) is 6.35. The molecule has 1 aliphatic heterocycles. The van der Waals surface area contributed by atoms with Crippen molar-refractivity contribution in [3.05, 3.63) is 52.8 Å². The van der Waals surface area contributed by atoms with Crippen LogP contribution in [0.1, 0.15) is 33.6 Å². The number of nitrogens with one attached hydrogen (secondary N) is 1. The second-order valence-corrected chi connectivity index (χ2v) is 6.35. The minimum atomic E-state index is -0.290. The molecule has 2 heterocycles. The summed E-state index contributed by atoms with van der Waals surface area (Å²) < 4.78 is 1.63. The van der Waals surface area contributed by atoms with Crippen molar-refractivity contribution in [1.29, 1.82) is 5.26 Å². The quantitative estimate of drug-likeness (QED) is 0.840. The zero-order valence-electron chi connectivity index (χ0n) is 14.1. The first-order valence-corrected chi connectivity index (χ1v) is 8.25. The van der Waals surface area contributed by atoms with Crippen molar-refractivity contribution in [2.24, 2.45) is 7.05 Å². The Bertz CT molecular complexity index is 808. The molecular formula is C18H21N5O2. The summed E-state index contributed by atoms with van der Waals surface area (Å²) in [5, 5.41) is 25.7. The lowest BCUT2D eigenvalue weighted by atomic mass is 10.1. The Kier molecular flexibility index (Phi) is 5.12. The van der Waals surface area contributed by atoms with Crippen LogP contribution < -0.4 is 5.32 Å². The minimum absolute atomic E-state index is 0.238. The van der Waals surface area contributed by atoms with E-state index in [4.69, 9.17) is 5.26 Å². The first-order valence-electron chi connectivity index (χ1n) is 8.25. The summed E-state index contributed by atoms with van der Waals surface area (Å²) in [7, 11) is 1.79. The van der Waals surface area contributed by atoms with Crippen LogP contribution in [0, 0.1) is 11.3 Å². The van der Waals surface area contributed by atoms with Crippen LogP contribution in [0.25, 0.3) is 0 Å². The first kappa shape index (κ1) is 17.1. The van der Waals surface area contributed by atoms with E-state index < -0.39 is 0 Å². The Morgan fingerprint density at radius 3 is 3.08 bits per heavy atom. The van der Waals surface area contributed by atoms with Crippen molar-refractivity contribution < 1.29 is 9.90 Å². The third-order valence-electron chi connectivity index (χ3n) is 4.27. The number of rotatable bonds is 5. The smallest absolute Gasteiger partial charge is 0.272 e. The summed E-state index contributed by atoms with van der Waals surface area (Å²) in [6.45, 7) is 2.37. The van der Waals surface area contributed by atoms with Gasteiger partial charge in [-0.05, 0) is 24.1 Å². The van der Waals surface area contributed by atoms with Crippen LogP contribution in [-0.4, -0.2) is 44.9 Å². The Balaban J connectivity index is 1.66. The van der Waals surface area contributed by atoms with Crippen molar-refractivity contribution in [3.63, 3.8) is 0 Å². The molecule has 1 aliphatic rings. The van der Waals surface area contributed by atoms with Crippen molar-refractivity contribution in [1.82, 2.24) is 20.0 Å². The van der Waals surface area contributed by atoms with Crippen molar-refractivity contribution >= 4 is 5.91 Å². The Morgan fingerprint density at radius 2 is 2.36 bits per heavy atom. The zero-order valence-corrected chi connectivity index (χ0v) is 14.1. The number of benzene rings is 1. The average Bonchev–Trinajstić information content (AvgIpc) is 3.18. The highest BCUT2D eigenvalue weighted by molar-refractivity contribution is 5.93. The molecule has 1 atom stereocenters. The monoisotopic (exact) mass is 339 g/mol. The normalized spacial score (nSPS) is 17.4. The van der Waals surface area contributed by atoms with Crippen molar-refractivity contribution in [3.8, 4) is 6.07 Å². The van der Waals surface area contributed by atoms with E-state index in [9.17, 15) is 9.90 Å². The molecule has 7 nitrogen and oxygen atoms in total. The number of aromatic nitrogens is 2. The van der Waals surface area contributed by atoms with Crippen molar-refractivity contribution in [2.75, 3.05) is 13.1 Å². The van der Waals surface area contributed by atoms with Crippen LogP contribution in [-0.2, 0) is 20.1 Å². The third kappa shape index (κ3) is 4.24. The molecule has 0 aliphatic carbocycles. The highest BCUT2D eigenvalue weighted by atomic mass is 16.3. The number of β-amino-alcohol motifs (C(OH)–C–C–N with tert-alkyl or cyclic N) is 1. The van der Waals surface area contributed by atoms with Gasteiger partial charge in [-0.2, -0.15) is 10.4 Å². The Morgan fingerprint density at radius 1 is 1.52 bits per heavy atom. The molecule has 1 fully saturated rings. The number of hydrogen-bond donors (Lipinski definition) is 2. The van der Waals surface area contributed by atoms with Gasteiger partial charge in [0.1, 0.15) is 0 Å². The van der Waals surface area contributed by atoms with E-state index in [2.05, 4.69) is 21.4 Å². The van der Waals surface area contributed by atoms with E-state index in [0.717, 1.165) is 24.1 Å². The summed E-state index contributed by atoms with van der Waals surface area (Å²) in [5.41, 5.74) is 2.69. The van der Waals surface area contributed by atoms with Crippen LogP contribution in [0.3, 0.4) is 0 Å². The number of aliphatic hydroxyl groups excluding tert-OH is 1. The lowest BCUT2D eigenvalue weighted by Gasteiger charge is -2.14. The number of likely N-dealkylation sites (tertiary alicyclic amines) is 1. The number of aryl methyl sites for hydroxylation is 1. The van der Waals surface area contributed by atoms with E-state index in [1.165, 1.54) is 0 Å². The van der Waals surface area contributed by atoms with Crippen LogP contribution in [0.2, 0.25) is 0 Å². The largest absolute Gasteiger partial charge is 0.392 e. The van der Waals surface area contributed by atoms with Gasteiger partial charge in [0, 0.05) is 45.0 Å². The highest BCUT2D eigenvalue weighted by Gasteiger charge is 2.23. The van der Waals surface area contributed by atoms with Gasteiger partial charge in [-0.1, -0.05) is 12.1 Å². The van der Waals surface area contributed by atoms with Gasteiger partial charge >= 0.3 is 0 Å². The molecule has 0 saturated carbocycles. The van der Waals surface area contributed by atoms with E-state index in [1.807, 2.05) is 12.3 Å². The lowest BCUT2D eigenvalue weighted by Crippen LogP contribution is -2.27. The summed E-state index contributed by atoms with van der Waals surface area (Å²) in [6, 6.07) is 9.24. The molecule has 2 N–H and O–H groups in total. The molecule has 7 heteroatoms. The molecule has 0 bridgehead atoms. The number of carbonyl (C=O) groups is 1. The fraction of sp³-hybridized carbons (Fsp3) is 0.389. The Labute approximate surface area is 146 Å². The maximum atomic E-state index is 12.5. The van der Waals surface area contributed by atoms with Gasteiger partial charge in [-0.25, -0.2) is 0 Å². The molecule has 0 radical (unpaired) electrons. The highest BCUT2D eigenvalue weighted by Crippen LogP contribution is 2.16. The zero-order chi connectivity index (χ0) is 17.8. The van der Waals surface area contributed by atoms with Crippen LogP contribution in [0.15, 0.2) is 30.5 Å². The van der Waals surface area contributed by atoms with Gasteiger partial charge in [-0.3, -0.25) is 14.4 Å². The number of hydrogen-bond acceptors (Lipinski definition) is 5. The number of aliphatic hydroxyl groups is 1. The predicted octanol–water partition coefficient (Wildman–Crippen LogP) is 0.788. The number of amides is 1. The molecule has 2 aromatic rings. The van der Waals surface area contributed by atoms with E-state index >= 15 is 0 Å². The van der Waals surface area contributed by atoms with Gasteiger partial charge in [0.25, 0.3) is 5.91 Å². The predicted molar refractivity (Wildman–Crippen MR) is 91.4 cm³/mol. The molecule has 0 spiro atoms. The number of carbonyl (C=O) groups excluding carboxylic acids is 1. The minimum Gasteiger partial charge on any atom is -0.392 e. The lowest BCUT2D eigenvalue weighted by molar-refractivity contribution is 0.0943. The Hall–Kier alpha value is -2.69. The van der Waals surface area contributed by atoms with Gasteiger partial charge in [0.2, 0.25) is 0 Å². The molecular weight excluding hydrogens is 318 g/mol. The second kappa shape index (κ2) is 7.47. The number of nitrogens with zero attached hydrogens (tertiary/aromatic N) is 4. The molecule has 1 aromatic carbocycles. The summed E-state index contributed by atoms with van der Waals surface area (Å²) in [5.74, 6) is -0.238. The standard InChI is InChI=1S/C18H21N5O2/c1-22-10-15(11-23-6-5-16(24)12-23)17(21-22)18(25)20-9-14-4-2-3-13(7-14)8-19/h2-4,7,10,16,24H,5-6,9,11-12H2,1H3,(H,20,25). The molecule has 130 valence electrons. The molecule has 1 amide bonds. The summed E-state index contributed by atoms with van der Waals surface area (Å²) in [4.78, 5) is 14.6. The van der Waals surface area contributed by atoms with Gasteiger partial charge in [0.15, 0.2) is 5.69 Å². The third-order valence-corrected chi connectivity index (χ3v) is 4.27. The van der Waals surface area contributed by atoms with Crippen molar-refractivity contribution in [2.45, 2.75) is 25.6 Å². The van der Waals surface area contributed by atoms with E-state index in [0.29, 0.717) is 30.9 Å². The van der Waals surface area contributed by atoms with Crippen LogP contribution >= 0.6 is 0 Å². The first-order chi connectivity index (χ1) is 12.0. The summed E-state index contributed by atoms with van der Waals surface area (Å²) in [6.07, 6.45) is 2.31. The molecule has 3 rings (SSSR count).